The summed E-state index contributed by atoms with van der Waals surface area (Å²) in [6.45, 7) is 2.61. The van der Waals surface area contributed by atoms with E-state index >= 15 is 0 Å². The van der Waals surface area contributed by atoms with Crippen LogP contribution in [-0.2, 0) is 4.74 Å². The Morgan fingerprint density at radius 2 is 2.00 bits per heavy atom. The van der Waals surface area contributed by atoms with Gasteiger partial charge < -0.3 is 15.4 Å². The second kappa shape index (κ2) is 8.55. The molecule has 2 heterocycles. The van der Waals surface area contributed by atoms with Crippen LogP contribution >= 0.6 is 11.6 Å². The van der Waals surface area contributed by atoms with Crippen LogP contribution in [-0.4, -0.2) is 39.7 Å². The molecule has 2 aromatic heterocycles. The number of nitrogens with zero attached hydrogens (tertiary/aromatic N) is 4. The standard InChI is InChI=1S/C18H19ClN6O/c1-12(10-26-2)23-16-9-13(7-8-20-16)17-21-11-22-18(25-17)24-15-6-4-3-5-14(15)19/h3-9,11-12H,10H2,1-2H3,(H,20,23)(H,21,22,24,25). The maximum Gasteiger partial charge on any atom is 0.230 e. The van der Waals surface area contributed by atoms with Crippen LogP contribution < -0.4 is 10.6 Å². The number of para-hydroxylation sites is 1. The fraction of sp³-hybridized carbons (Fsp3) is 0.222. The van der Waals surface area contributed by atoms with Crippen LogP contribution in [0.5, 0.6) is 0 Å². The van der Waals surface area contributed by atoms with Crippen molar-refractivity contribution in [1.82, 2.24) is 19.9 Å². The molecule has 0 spiro atoms. The first-order valence-corrected chi connectivity index (χ1v) is 8.46. The molecule has 0 radical (unpaired) electrons. The van der Waals surface area contributed by atoms with Crippen LogP contribution in [0.15, 0.2) is 48.9 Å². The average Bonchev–Trinajstić information content (AvgIpc) is 2.64. The summed E-state index contributed by atoms with van der Waals surface area (Å²) in [6, 6.07) is 11.3. The topological polar surface area (TPSA) is 84.9 Å². The van der Waals surface area contributed by atoms with Gasteiger partial charge in [0.25, 0.3) is 0 Å². The number of rotatable bonds is 7. The Morgan fingerprint density at radius 3 is 2.81 bits per heavy atom. The third kappa shape index (κ3) is 4.65. The van der Waals surface area contributed by atoms with Crippen LogP contribution in [0, 0.1) is 0 Å². The molecule has 0 bridgehead atoms. The Bertz CT molecular complexity index is 876. The summed E-state index contributed by atoms with van der Waals surface area (Å²) in [6.07, 6.45) is 3.17. The van der Waals surface area contributed by atoms with Gasteiger partial charge in [0.2, 0.25) is 5.95 Å². The number of ether oxygens (including phenoxy) is 1. The summed E-state index contributed by atoms with van der Waals surface area (Å²) >= 11 is 6.17. The van der Waals surface area contributed by atoms with Gasteiger partial charge in [0.15, 0.2) is 5.82 Å². The van der Waals surface area contributed by atoms with E-state index in [4.69, 9.17) is 16.3 Å². The van der Waals surface area contributed by atoms with E-state index in [0.29, 0.717) is 23.4 Å². The molecule has 26 heavy (non-hydrogen) atoms. The number of pyridine rings is 1. The Balaban J connectivity index is 1.81. The molecular formula is C18H19ClN6O. The molecule has 3 aromatic rings. The molecule has 0 aliphatic carbocycles. The fourth-order valence-electron chi connectivity index (χ4n) is 2.37. The minimum atomic E-state index is 0.138. The number of benzene rings is 1. The molecule has 0 aliphatic heterocycles. The van der Waals surface area contributed by atoms with Crippen molar-refractivity contribution in [2.45, 2.75) is 13.0 Å². The van der Waals surface area contributed by atoms with Crippen molar-refractivity contribution in [2.24, 2.45) is 0 Å². The number of methoxy groups -OCH3 is 1. The van der Waals surface area contributed by atoms with Crippen molar-refractivity contribution in [1.29, 1.82) is 0 Å². The zero-order chi connectivity index (χ0) is 18.4. The Hall–Kier alpha value is -2.77. The maximum absolute atomic E-state index is 6.17. The van der Waals surface area contributed by atoms with Crippen molar-refractivity contribution in [3.63, 3.8) is 0 Å². The highest BCUT2D eigenvalue weighted by molar-refractivity contribution is 6.33. The van der Waals surface area contributed by atoms with E-state index in [-0.39, 0.29) is 6.04 Å². The quantitative estimate of drug-likeness (QED) is 0.654. The summed E-state index contributed by atoms with van der Waals surface area (Å²) in [5.74, 6) is 1.69. The molecule has 0 fully saturated rings. The number of nitrogens with one attached hydrogen (secondary N) is 2. The molecule has 134 valence electrons. The normalized spacial score (nSPS) is 11.8. The van der Waals surface area contributed by atoms with Gasteiger partial charge in [-0.15, -0.1) is 0 Å². The molecular weight excluding hydrogens is 352 g/mol. The van der Waals surface area contributed by atoms with Crippen molar-refractivity contribution in [3.05, 3.63) is 53.9 Å². The van der Waals surface area contributed by atoms with Crippen molar-refractivity contribution in [3.8, 4) is 11.4 Å². The molecule has 3 rings (SSSR count). The number of aromatic nitrogens is 4. The van der Waals surface area contributed by atoms with Crippen LogP contribution in [0.2, 0.25) is 5.02 Å². The van der Waals surface area contributed by atoms with E-state index in [1.165, 1.54) is 6.33 Å². The molecule has 0 saturated carbocycles. The maximum atomic E-state index is 6.17. The summed E-state index contributed by atoms with van der Waals surface area (Å²) in [5.41, 5.74) is 1.56. The number of halogens is 1. The van der Waals surface area contributed by atoms with E-state index in [0.717, 1.165) is 17.1 Å². The minimum Gasteiger partial charge on any atom is -0.383 e. The summed E-state index contributed by atoms with van der Waals surface area (Å²) in [7, 11) is 1.67. The lowest BCUT2D eigenvalue weighted by atomic mass is 10.2. The average molecular weight is 371 g/mol. The third-order valence-corrected chi connectivity index (χ3v) is 3.85. The Labute approximate surface area is 156 Å². The molecule has 1 atom stereocenters. The minimum absolute atomic E-state index is 0.138. The number of anilines is 3. The lowest BCUT2D eigenvalue weighted by Crippen LogP contribution is -2.21. The number of hydrogen-bond acceptors (Lipinski definition) is 7. The van der Waals surface area contributed by atoms with Crippen LogP contribution in [0.25, 0.3) is 11.4 Å². The van der Waals surface area contributed by atoms with E-state index < -0.39 is 0 Å². The molecule has 0 amide bonds. The Morgan fingerprint density at radius 1 is 1.15 bits per heavy atom. The third-order valence-electron chi connectivity index (χ3n) is 3.52. The molecule has 1 aromatic carbocycles. The van der Waals surface area contributed by atoms with Gasteiger partial charge in [-0.3, -0.25) is 0 Å². The summed E-state index contributed by atoms with van der Waals surface area (Å²) in [4.78, 5) is 17.2. The van der Waals surface area contributed by atoms with Crippen molar-refractivity contribution < 1.29 is 4.74 Å². The zero-order valence-corrected chi connectivity index (χ0v) is 15.2. The second-order valence-corrected chi connectivity index (χ2v) is 6.08. The highest BCUT2D eigenvalue weighted by Crippen LogP contribution is 2.24. The lowest BCUT2D eigenvalue weighted by molar-refractivity contribution is 0.190. The van der Waals surface area contributed by atoms with Crippen LogP contribution in [0.3, 0.4) is 0 Å². The van der Waals surface area contributed by atoms with Gasteiger partial charge in [-0.2, -0.15) is 4.98 Å². The molecule has 8 heteroatoms. The van der Waals surface area contributed by atoms with Gasteiger partial charge in [-0.1, -0.05) is 23.7 Å². The monoisotopic (exact) mass is 370 g/mol. The van der Waals surface area contributed by atoms with Gasteiger partial charge in [0.05, 0.1) is 17.3 Å². The smallest absolute Gasteiger partial charge is 0.230 e. The zero-order valence-electron chi connectivity index (χ0n) is 14.5. The first-order chi connectivity index (χ1) is 12.7. The van der Waals surface area contributed by atoms with Gasteiger partial charge in [-0.25, -0.2) is 15.0 Å². The summed E-state index contributed by atoms with van der Waals surface area (Å²) in [5, 5.41) is 6.97. The predicted octanol–water partition coefficient (Wildman–Crippen LogP) is 3.78. The molecule has 0 saturated heterocycles. The predicted molar refractivity (Wildman–Crippen MR) is 103 cm³/mol. The summed E-state index contributed by atoms with van der Waals surface area (Å²) < 4.78 is 5.13. The van der Waals surface area contributed by atoms with Gasteiger partial charge >= 0.3 is 0 Å². The largest absolute Gasteiger partial charge is 0.383 e. The van der Waals surface area contributed by atoms with Gasteiger partial charge in [0, 0.05) is 24.9 Å². The number of hydrogen-bond donors (Lipinski definition) is 2. The van der Waals surface area contributed by atoms with Crippen LogP contribution in [0.4, 0.5) is 17.5 Å². The van der Waals surface area contributed by atoms with E-state index in [1.807, 2.05) is 37.3 Å². The SMILES string of the molecule is COCC(C)Nc1cc(-c2ncnc(Nc3ccccc3Cl)n2)ccn1. The second-order valence-electron chi connectivity index (χ2n) is 5.67. The van der Waals surface area contributed by atoms with Crippen molar-refractivity contribution in [2.75, 3.05) is 24.4 Å². The van der Waals surface area contributed by atoms with Crippen LogP contribution in [0.1, 0.15) is 6.92 Å². The van der Waals surface area contributed by atoms with Gasteiger partial charge in [-0.05, 0) is 31.2 Å². The lowest BCUT2D eigenvalue weighted by Gasteiger charge is -2.13. The van der Waals surface area contributed by atoms with E-state index in [2.05, 4.69) is 30.6 Å². The molecule has 2 N–H and O–H groups in total. The van der Waals surface area contributed by atoms with E-state index in [9.17, 15) is 0 Å². The first kappa shape index (κ1) is 18.0. The molecule has 0 aliphatic rings. The highest BCUT2D eigenvalue weighted by atomic mass is 35.5. The van der Waals surface area contributed by atoms with Gasteiger partial charge in [0.1, 0.15) is 12.1 Å². The first-order valence-electron chi connectivity index (χ1n) is 8.08. The fourth-order valence-corrected chi connectivity index (χ4v) is 2.55. The molecule has 7 nitrogen and oxygen atoms in total. The molecule has 1 unspecified atom stereocenters. The van der Waals surface area contributed by atoms with E-state index in [1.54, 1.807) is 19.4 Å². The van der Waals surface area contributed by atoms with Crippen molar-refractivity contribution >= 4 is 29.1 Å². The Kier molecular flexibility index (Phi) is 5.93. The highest BCUT2D eigenvalue weighted by Gasteiger charge is 2.08.